The van der Waals surface area contributed by atoms with Crippen LogP contribution in [0.2, 0.25) is 0 Å². The van der Waals surface area contributed by atoms with Crippen LogP contribution in [-0.4, -0.2) is 66.5 Å². The van der Waals surface area contributed by atoms with Crippen molar-refractivity contribution in [2.24, 2.45) is 0 Å². The number of ether oxygens (including phenoxy) is 3. The van der Waals surface area contributed by atoms with Gasteiger partial charge in [-0.1, -0.05) is 221 Å². The van der Waals surface area contributed by atoms with Crippen molar-refractivity contribution in [3.05, 3.63) is 97.2 Å². The topological polar surface area (TPSA) is 155 Å². The minimum absolute atomic E-state index is 0.0371. The van der Waals surface area contributed by atoms with Gasteiger partial charge < -0.3 is 24.2 Å². The molecule has 0 fully saturated rings. The molecule has 0 bridgehead atoms. The van der Waals surface area contributed by atoms with Crippen LogP contribution < -0.4 is 0 Å². The second-order valence-corrected chi connectivity index (χ2v) is 21.2. The van der Waals surface area contributed by atoms with Crippen molar-refractivity contribution < 1.29 is 52.2 Å². The molecule has 436 valence electrons. The van der Waals surface area contributed by atoms with E-state index in [0.29, 0.717) is 25.7 Å². The molecule has 0 aliphatic heterocycles. The van der Waals surface area contributed by atoms with Gasteiger partial charge in [-0.15, -0.1) is 0 Å². The lowest BCUT2D eigenvalue weighted by atomic mass is 10.1. The van der Waals surface area contributed by atoms with Crippen LogP contribution >= 0.6 is 7.82 Å². The Balaban J connectivity index is 4.85. The number of carbonyl (C=O) groups is 3. The van der Waals surface area contributed by atoms with Crippen molar-refractivity contribution in [2.75, 3.05) is 26.4 Å². The molecule has 0 aliphatic rings. The first kappa shape index (κ1) is 72.4. The van der Waals surface area contributed by atoms with Gasteiger partial charge in [0.2, 0.25) is 0 Å². The molecule has 0 aromatic heterocycles. The van der Waals surface area contributed by atoms with Gasteiger partial charge in [0.05, 0.1) is 19.8 Å². The van der Waals surface area contributed by atoms with Gasteiger partial charge in [-0.2, -0.15) is 0 Å². The summed E-state index contributed by atoms with van der Waals surface area (Å²) in [6.45, 7) is 4.43. The number of hydrogen-bond donors (Lipinski definition) is 2. The molecule has 0 radical (unpaired) electrons. The van der Waals surface area contributed by atoms with Gasteiger partial charge in [0.25, 0.3) is 0 Å². The summed E-state index contributed by atoms with van der Waals surface area (Å²) in [6, 6.07) is 0. The number of phosphoric ester groups is 1. The van der Waals surface area contributed by atoms with Crippen LogP contribution in [0.3, 0.4) is 0 Å². The lowest BCUT2D eigenvalue weighted by Crippen LogP contribution is -2.30. The summed E-state index contributed by atoms with van der Waals surface area (Å²) in [5.41, 5.74) is 0. The highest BCUT2D eigenvalue weighted by atomic mass is 31.2. The minimum atomic E-state index is -4.78. The number of unbranched alkanes of at least 4 members (excludes halogenated alkanes) is 22. The maximum atomic E-state index is 12.9. The van der Waals surface area contributed by atoms with Gasteiger partial charge in [-0.3, -0.25) is 23.4 Å². The lowest BCUT2D eigenvalue weighted by molar-refractivity contribution is -0.161. The van der Waals surface area contributed by atoms with Crippen molar-refractivity contribution >= 4 is 25.7 Å². The van der Waals surface area contributed by atoms with Crippen LogP contribution in [0, 0.1) is 0 Å². The number of esters is 3. The van der Waals surface area contributed by atoms with Crippen LogP contribution in [0.5, 0.6) is 0 Å². The summed E-state index contributed by atoms with van der Waals surface area (Å²) in [6.07, 6.45) is 68.0. The fourth-order valence-corrected chi connectivity index (χ4v) is 8.68. The Bertz CT molecular complexity index is 1640. The average Bonchev–Trinajstić information content (AvgIpc) is 3.41. The quantitative estimate of drug-likeness (QED) is 0.0197. The molecule has 0 aromatic carbocycles. The summed E-state index contributed by atoms with van der Waals surface area (Å²) in [4.78, 5) is 48.6. The van der Waals surface area contributed by atoms with Gasteiger partial charge in [-0.25, -0.2) is 4.57 Å². The van der Waals surface area contributed by atoms with E-state index in [-0.39, 0.29) is 25.9 Å². The predicted molar refractivity (Wildman–Crippen MR) is 316 cm³/mol. The normalized spacial score (nSPS) is 14.0. The first-order valence-electron chi connectivity index (χ1n) is 30.1. The van der Waals surface area contributed by atoms with E-state index in [1.165, 1.54) is 77.0 Å². The second kappa shape index (κ2) is 57.6. The summed E-state index contributed by atoms with van der Waals surface area (Å²) >= 11 is 0. The highest BCUT2D eigenvalue weighted by Gasteiger charge is 2.28. The van der Waals surface area contributed by atoms with E-state index in [9.17, 15) is 28.9 Å². The van der Waals surface area contributed by atoms with Gasteiger partial charge in [0.15, 0.2) is 6.10 Å². The number of aliphatic hydroxyl groups is 1. The number of carbonyl (C=O) groups excluding carboxylic acids is 3. The van der Waals surface area contributed by atoms with E-state index >= 15 is 0 Å². The number of aliphatic hydroxyl groups excluding tert-OH is 1. The molecule has 11 nitrogen and oxygen atoms in total. The fourth-order valence-electron chi connectivity index (χ4n) is 7.90. The van der Waals surface area contributed by atoms with Gasteiger partial charge in [0, 0.05) is 19.3 Å². The summed E-state index contributed by atoms with van der Waals surface area (Å²) < 4.78 is 39.5. The minimum Gasteiger partial charge on any atom is -0.462 e. The fraction of sp³-hybridized carbons (Fsp3) is 0.703. The molecule has 0 spiro atoms. The lowest BCUT2D eigenvalue weighted by Gasteiger charge is -2.21. The Morgan fingerprint density at radius 3 is 1.13 bits per heavy atom. The maximum absolute atomic E-state index is 12.9. The van der Waals surface area contributed by atoms with Crippen LogP contribution in [-0.2, 0) is 42.2 Å². The van der Waals surface area contributed by atoms with Crippen LogP contribution in [0.25, 0.3) is 0 Å². The third-order valence-electron chi connectivity index (χ3n) is 12.5. The van der Waals surface area contributed by atoms with E-state index in [1.54, 1.807) is 0 Å². The molecule has 76 heavy (non-hydrogen) atoms. The molecule has 0 amide bonds. The zero-order valence-corrected chi connectivity index (χ0v) is 49.1. The third kappa shape index (κ3) is 55.2. The molecule has 0 heterocycles. The number of rotatable bonds is 55. The van der Waals surface area contributed by atoms with Gasteiger partial charge in [-0.05, 0) is 109 Å². The van der Waals surface area contributed by atoms with Gasteiger partial charge in [0.1, 0.15) is 12.7 Å². The van der Waals surface area contributed by atoms with E-state index in [4.69, 9.17) is 23.3 Å². The molecule has 0 aromatic rings. The Kier molecular flexibility index (Phi) is 54.8. The Morgan fingerprint density at radius 2 is 0.711 bits per heavy atom. The Morgan fingerprint density at radius 1 is 0.382 bits per heavy atom. The highest BCUT2D eigenvalue weighted by molar-refractivity contribution is 7.47. The zero-order valence-electron chi connectivity index (χ0n) is 48.2. The largest absolute Gasteiger partial charge is 0.472 e. The van der Waals surface area contributed by atoms with E-state index in [2.05, 4.69) is 106 Å². The maximum Gasteiger partial charge on any atom is 0.472 e. The molecular formula is C64H109O11P. The molecule has 0 rings (SSSR count). The van der Waals surface area contributed by atoms with E-state index in [0.717, 1.165) is 109 Å². The average molecular weight is 1090 g/mol. The van der Waals surface area contributed by atoms with Crippen LogP contribution in [0.4, 0.5) is 0 Å². The standard InChI is InChI=1S/C64H109O11P/c1-4-7-10-13-16-19-22-25-28-29-30-31-34-37-40-43-46-49-52-55-64(68)75-61(57-71-62(66)53-50-47-44-41-38-35-32-26-23-20-17-14-11-8-5-2)59-73-76(69,70)72-58-60(56-65)74-63(67)54-51-48-45-42-39-36-33-27-24-21-18-15-12-9-6-3/h7,10,16,19,25-28,30-33,37,40,46,49,60-61,65H,4-6,8-9,11-15,17-18,20-24,29,34-36,38-39,41-45,47-48,50-59H2,1-3H3,(H,69,70)/b10-7-,19-16-,28-25-,31-30-,32-26-,33-27-,40-37-,49-46-. The molecule has 12 heteroatoms. The SMILES string of the molecule is CC/C=C\C/C=C\C/C=C\C/C=C\C/C=C\C/C=C\CCC(=O)OC(COC(=O)CCCCCCC/C=C\CCCCCCCC)COP(=O)(O)OCC(CO)OC(=O)CCCCCCC/C=C\CCCCCCCC. The number of hydrogen-bond acceptors (Lipinski definition) is 10. The number of phosphoric acid groups is 1. The zero-order chi connectivity index (χ0) is 55.5. The Hall–Kier alpha value is -3.60. The van der Waals surface area contributed by atoms with Crippen molar-refractivity contribution in [2.45, 2.75) is 264 Å². The second-order valence-electron chi connectivity index (χ2n) is 19.8. The van der Waals surface area contributed by atoms with Crippen molar-refractivity contribution in [1.29, 1.82) is 0 Å². The summed E-state index contributed by atoms with van der Waals surface area (Å²) in [7, 11) is -4.78. The molecule has 0 aliphatic carbocycles. The van der Waals surface area contributed by atoms with Crippen molar-refractivity contribution in [3.8, 4) is 0 Å². The molecular weight excluding hydrogens is 976 g/mol. The smallest absolute Gasteiger partial charge is 0.462 e. The predicted octanol–water partition coefficient (Wildman–Crippen LogP) is 18.0. The summed E-state index contributed by atoms with van der Waals surface area (Å²) in [5.74, 6) is -1.59. The van der Waals surface area contributed by atoms with E-state index in [1.807, 2.05) is 12.2 Å². The molecule has 3 unspecified atom stereocenters. The molecule has 0 saturated carbocycles. The van der Waals surface area contributed by atoms with Crippen LogP contribution in [0.15, 0.2) is 97.2 Å². The summed E-state index contributed by atoms with van der Waals surface area (Å²) in [5, 5.41) is 9.82. The Labute approximate surface area is 463 Å². The molecule has 2 N–H and O–H groups in total. The molecule has 0 saturated heterocycles. The van der Waals surface area contributed by atoms with Crippen molar-refractivity contribution in [3.63, 3.8) is 0 Å². The van der Waals surface area contributed by atoms with Gasteiger partial charge >= 0.3 is 25.7 Å². The monoisotopic (exact) mass is 1080 g/mol. The van der Waals surface area contributed by atoms with E-state index < -0.39 is 57.8 Å². The highest BCUT2D eigenvalue weighted by Crippen LogP contribution is 2.43. The van der Waals surface area contributed by atoms with Crippen LogP contribution in [0.1, 0.15) is 252 Å². The first-order valence-corrected chi connectivity index (χ1v) is 31.6. The molecule has 3 atom stereocenters. The number of allylic oxidation sites excluding steroid dienone is 16. The van der Waals surface area contributed by atoms with Crippen molar-refractivity contribution in [1.82, 2.24) is 0 Å². The third-order valence-corrected chi connectivity index (χ3v) is 13.4. The first-order chi connectivity index (χ1) is 37.2.